The Balaban J connectivity index is 2.29. The Morgan fingerprint density at radius 2 is 2.11 bits per heavy atom. The van der Waals surface area contributed by atoms with Crippen molar-refractivity contribution in [2.75, 3.05) is 25.9 Å². The fraction of sp³-hybridized carbons (Fsp3) is 0.500. The van der Waals surface area contributed by atoms with Crippen LogP contribution in [0, 0.1) is 13.8 Å². The third-order valence-corrected chi connectivity index (χ3v) is 3.80. The second-order valence-corrected chi connectivity index (χ2v) is 5.39. The van der Waals surface area contributed by atoms with E-state index >= 15 is 0 Å². The molecule has 1 aliphatic heterocycles. The fourth-order valence-electron chi connectivity index (χ4n) is 2.50. The van der Waals surface area contributed by atoms with Crippen LogP contribution in [0.15, 0.2) is 18.2 Å². The molecule has 1 aliphatic rings. The predicted molar refractivity (Wildman–Crippen MR) is 77.2 cm³/mol. The number of likely N-dealkylation sites (N-methyl/N-ethyl adjacent to an activating group) is 1. The minimum absolute atomic E-state index is 0.106. The quantitative estimate of drug-likeness (QED) is 0.834. The molecule has 1 fully saturated rings. The van der Waals surface area contributed by atoms with Crippen LogP contribution in [0.2, 0.25) is 0 Å². The van der Waals surface area contributed by atoms with Gasteiger partial charge in [0.25, 0.3) is 0 Å². The summed E-state index contributed by atoms with van der Waals surface area (Å²) >= 11 is 4.21. The van der Waals surface area contributed by atoms with E-state index in [9.17, 15) is 4.79 Å². The molecule has 2 rings (SSSR count). The summed E-state index contributed by atoms with van der Waals surface area (Å²) in [5.41, 5.74) is 3.74. The van der Waals surface area contributed by atoms with E-state index in [1.54, 1.807) is 0 Å². The third kappa shape index (κ3) is 2.34. The minimum Gasteiger partial charge on any atom is -0.321 e. The number of carbonyl (C=O) groups excluding carboxylic acids is 1. The van der Waals surface area contributed by atoms with Gasteiger partial charge < -0.3 is 9.80 Å². The van der Waals surface area contributed by atoms with Gasteiger partial charge in [-0.1, -0.05) is 23.8 Å². The van der Waals surface area contributed by atoms with Crippen molar-refractivity contribution in [2.24, 2.45) is 0 Å². The van der Waals surface area contributed by atoms with Gasteiger partial charge in [0, 0.05) is 25.9 Å². The summed E-state index contributed by atoms with van der Waals surface area (Å²) in [6.45, 7) is 5.67. The fourth-order valence-corrected chi connectivity index (χ4v) is 2.74. The minimum atomic E-state index is 0.106. The zero-order valence-electron chi connectivity index (χ0n) is 11.2. The van der Waals surface area contributed by atoms with Crippen LogP contribution in [-0.2, 0) is 0 Å². The number of aryl methyl sites for hydroxylation is 2. The lowest BCUT2D eigenvalue weighted by molar-refractivity contribution is 0.197. The second-order valence-electron chi connectivity index (χ2n) is 4.94. The van der Waals surface area contributed by atoms with Crippen LogP contribution in [0.1, 0.15) is 22.7 Å². The molecule has 1 heterocycles. The molecule has 3 nitrogen and oxygen atoms in total. The third-order valence-electron chi connectivity index (χ3n) is 3.60. The van der Waals surface area contributed by atoms with Crippen molar-refractivity contribution in [1.29, 1.82) is 0 Å². The molecule has 1 unspecified atom stereocenters. The number of thiol groups is 1. The highest BCUT2D eigenvalue weighted by Crippen LogP contribution is 2.30. The zero-order valence-corrected chi connectivity index (χ0v) is 12.1. The van der Waals surface area contributed by atoms with Crippen LogP contribution in [0.4, 0.5) is 4.79 Å². The average molecular weight is 264 g/mol. The Bertz CT molecular complexity index is 461. The van der Waals surface area contributed by atoms with E-state index in [4.69, 9.17) is 0 Å². The number of carbonyl (C=O) groups is 1. The summed E-state index contributed by atoms with van der Waals surface area (Å²) < 4.78 is 0. The molecule has 0 spiro atoms. The Morgan fingerprint density at radius 1 is 1.39 bits per heavy atom. The van der Waals surface area contributed by atoms with Gasteiger partial charge in [-0.2, -0.15) is 12.6 Å². The van der Waals surface area contributed by atoms with Crippen molar-refractivity contribution in [1.82, 2.24) is 9.80 Å². The van der Waals surface area contributed by atoms with Crippen LogP contribution < -0.4 is 0 Å². The molecular formula is C14H20N2OS. The molecule has 0 aromatic heterocycles. The Hall–Kier alpha value is -1.16. The molecule has 1 aromatic carbocycles. The summed E-state index contributed by atoms with van der Waals surface area (Å²) in [7, 11) is 1.88. The molecule has 0 aliphatic carbocycles. The van der Waals surface area contributed by atoms with E-state index in [-0.39, 0.29) is 12.1 Å². The summed E-state index contributed by atoms with van der Waals surface area (Å²) in [4.78, 5) is 15.8. The predicted octanol–water partition coefficient (Wildman–Crippen LogP) is 2.64. The first-order valence-electron chi connectivity index (χ1n) is 6.24. The summed E-state index contributed by atoms with van der Waals surface area (Å²) in [6.07, 6.45) is 0. The number of rotatable bonds is 3. The highest BCUT2D eigenvalue weighted by atomic mass is 32.1. The molecule has 1 atom stereocenters. The van der Waals surface area contributed by atoms with Crippen molar-refractivity contribution >= 4 is 18.7 Å². The smallest absolute Gasteiger partial charge is 0.320 e. The van der Waals surface area contributed by atoms with Crippen molar-refractivity contribution in [3.63, 3.8) is 0 Å². The van der Waals surface area contributed by atoms with Crippen LogP contribution >= 0.6 is 12.6 Å². The van der Waals surface area contributed by atoms with E-state index < -0.39 is 0 Å². The molecular weight excluding hydrogens is 244 g/mol. The lowest BCUT2D eigenvalue weighted by Gasteiger charge is -2.20. The van der Waals surface area contributed by atoms with E-state index in [2.05, 4.69) is 44.7 Å². The maximum Gasteiger partial charge on any atom is 0.320 e. The molecule has 1 aromatic rings. The first kappa shape index (κ1) is 13.3. The Morgan fingerprint density at radius 3 is 2.78 bits per heavy atom. The lowest BCUT2D eigenvalue weighted by Crippen LogP contribution is -2.31. The van der Waals surface area contributed by atoms with Gasteiger partial charge in [-0.05, 0) is 25.0 Å². The van der Waals surface area contributed by atoms with Crippen molar-refractivity contribution < 1.29 is 4.79 Å². The SMILES string of the molecule is Cc1ccc(C)c(C2CN(CCS)C(=O)N2C)c1. The molecule has 0 N–H and O–H groups in total. The molecule has 2 amide bonds. The van der Waals surface area contributed by atoms with Crippen molar-refractivity contribution in [2.45, 2.75) is 19.9 Å². The molecule has 4 heteroatoms. The van der Waals surface area contributed by atoms with Gasteiger partial charge >= 0.3 is 6.03 Å². The molecule has 98 valence electrons. The van der Waals surface area contributed by atoms with Crippen LogP contribution in [0.5, 0.6) is 0 Å². The Labute approximate surface area is 114 Å². The number of hydrogen-bond donors (Lipinski definition) is 1. The number of nitrogens with zero attached hydrogens (tertiary/aromatic N) is 2. The van der Waals surface area contributed by atoms with E-state index in [0.29, 0.717) is 12.3 Å². The number of urea groups is 1. The number of hydrogen-bond acceptors (Lipinski definition) is 2. The van der Waals surface area contributed by atoms with Crippen LogP contribution in [0.3, 0.4) is 0 Å². The van der Waals surface area contributed by atoms with Gasteiger partial charge in [0.1, 0.15) is 0 Å². The molecule has 1 saturated heterocycles. The highest BCUT2D eigenvalue weighted by molar-refractivity contribution is 7.80. The first-order chi connectivity index (χ1) is 8.54. The van der Waals surface area contributed by atoms with Gasteiger partial charge in [0.05, 0.1) is 6.04 Å². The van der Waals surface area contributed by atoms with Gasteiger partial charge in [-0.15, -0.1) is 0 Å². The number of amides is 2. The largest absolute Gasteiger partial charge is 0.321 e. The van der Waals surface area contributed by atoms with Gasteiger partial charge in [0.15, 0.2) is 0 Å². The van der Waals surface area contributed by atoms with Crippen LogP contribution in [-0.4, -0.2) is 41.7 Å². The summed E-state index contributed by atoms with van der Waals surface area (Å²) in [6, 6.07) is 6.70. The van der Waals surface area contributed by atoms with E-state index in [0.717, 1.165) is 6.54 Å². The van der Waals surface area contributed by atoms with E-state index in [1.807, 2.05) is 16.8 Å². The van der Waals surface area contributed by atoms with E-state index in [1.165, 1.54) is 16.7 Å². The lowest BCUT2D eigenvalue weighted by atomic mass is 9.99. The summed E-state index contributed by atoms with van der Waals surface area (Å²) in [5, 5.41) is 0. The Kier molecular flexibility index (Phi) is 3.85. The standard InChI is InChI=1S/C14H20N2OS/c1-10-4-5-11(2)12(8-10)13-9-16(6-7-18)14(17)15(13)3/h4-5,8,13,18H,6-7,9H2,1-3H3. The van der Waals surface area contributed by atoms with Gasteiger partial charge in [0.2, 0.25) is 0 Å². The van der Waals surface area contributed by atoms with Gasteiger partial charge in [-0.25, -0.2) is 4.79 Å². The zero-order chi connectivity index (χ0) is 13.3. The van der Waals surface area contributed by atoms with Gasteiger partial charge in [-0.3, -0.25) is 0 Å². The van der Waals surface area contributed by atoms with Crippen molar-refractivity contribution in [3.8, 4) is 0 Å². The maximum absolute atomic E-state index is 12.1. The molecule has 0 saturated carbocycles. The monoisotopic (exact) mass is 264 g/mol. The number of benzene rings is 1. The normalized spacial score (nSPS) is 19.8. The van der Waals surface area contributed by atoms with Crippen LogP contribution in [0.25, 0.3) is 0 Å². The maximum atomic E-state index is 12.1. The summed E-state index contributed by atoms with van der Waals surface area (Å²) in [5.74, 6) is 0.707. The molecule has 0 radical (unpaired) electrons. The second kappa shape index (κ2) is 5.22. The molecule has 18 heavy (non-hydrogen) atoms. The highest BCUT2D eigenvalue weighted by Gasteiger charge is 2.35. The topological polar surface area (TPSA) is 23.6 Å². The molecule has 0 bridgehead atoms. The first-order valence-corrected chi connectivity index (χ1v) is 6.87. The average Bonchev–Trinajstić information content (AvgIpc) is 2.61. The van der Waals surface area contributed by atoms with Crippen molar-refractivity contribution in [3.05, 3.63) is 34.9 Å².